The normalized spacial score (nSPS) is 24.3. The molecule has 1 aromatic carbocycles. The second-order valence-electron chi connectivity index (χ2n) is 4.11. The number of ether oxygens (including phenoxy) is 2. The van der Waals surface area contributed by atoms with Crippen molar-refractivity contribution in [2.45, 2.75) is 25.0 Å². The fraction of sp³-hybridized carbons (Fsp3) is 0.462. The summed E-state index contributed by atoms with van der Waals surface area (Å²) in [6.07, 6.45) is 1.15. The van der Waals surface area contributed by atoms with Crippen molar-refractivity contribution in [1.29, 1.82) is 0 Å². The summed E-state index contributed by atoms with van der Waals surface area (Å²) in [6, 6.07) is 8.91. The zero-order valence-corrected chi connectivity index (χ0v) is 9.54. The Balaban J connectivity index is 1.84. The summed E-state index contributed by atoms with van der Waals surface area (Å²) < 4.78 is 10.7. The molecule has 0 saturated carbocycles. The molecule has 1 saturated heterocycles. The van der Waals surface area contributed by atoms with Gasteiger partial charge >= 0.3 is 5.97 Å². The molecule has 2 rings (SSSR count). The van der Waals surface area contributed by atoms with Crippen LogP contribution in [0.4, 0.5) is 0 Å². The molecule has 0 aliphatic carbocycles. The van der Waals surface area contributed by atoms with Gasteiger partial charge < -0.3 is 14.6 Å². The lowest BCUT2D eigenvalue weighted by Gasteiger charge is -2.27. The molecule has 0 amide bonds. The molecule has 1 aromatic rings. The van der Waals surface area contributed by atoms with Gasteiger partial charge in [-0.15, -0.1) is 0 Å². The van der Waals surface area contributed by atoms with Crippen LogP contribution in [-0.4, -0.2) is 36.5 Å². The first-order valence-electron chi connectivity index (χ1n) is 5.78. The Morgan fingerprint density at radius 3 is 2.71 bits per heavy atom. The van der Waals surface area contributed by atoms with Crippen LogP contribution in [0.25, 0.3) is 0 Å². The number of benzene rings is 1. The molecule has 1 fully saturated rings. The summed E-state index contributed by atoms with van der Waals surface area (Å²) >= 11 is 0. The number of esters is 1. The molecule has 4 nitrogen and oxygen atoms in total. The quantitative estimate of drug-likeness (QED) is 0.806. The summed E-state index contributed by atoms with van der Waals surface area (Å²) in [7, 11) is 0. The SMILES string of the molecule is O=C(OC1CCC(CO)OC1)c1ccccc1. The van der Waals surface area contributed by atoms with Crippen molar-refractivity contribution < 1.29 is 19.4 Å². The van der Waals surface area contributed by atoms with Crippen LogP contribution in [0, 0.1) is 0 Å². The number of hydrogen-bond acceptors (Lipinski definition) is 4. The first-order valence-corrected chi connectivity index (χ1v) is 5.78. The molecule has 1 N–H and O–H groups in total. The maximum Gasteiger partial charge on any atom is 0.338 e. The number of hydrogen-bond donors (Lipinski definition) is 1. The molecule has 0 radical (unpaired) electrons. The third kappa shape index (κ3) is 3.28. The fourth-order valence-corrected chi connectivity index (χ4v) is 1.81. The van der Waals surface area contributed by atoms with E-state index < -0.39 is 0 Å². The Hall–Kier alpha value is -1.39. The van der Waals surface area contributed by atoms with Crippen LogP contribution in [0.2, 0.25) is 0 Å². The minimum atomic E-state index is -0.318. The van der Waals surface area contributed by atoms with Crippen LogP contribution in [0.5, 0.6) is 0 Å². The Morgan fingerprint density at radius 1 is 1.35 bits per heavy atom. The number of carbonyl (C=O) groups excluding carboxylic acids is 1. The molecule has 17 heavy (non-hydrogen) atoms. The van der Waals surface area contributed by atoms with E-state index in [4.69, 9.17) is 14.6 Å². The van der Waals surface area contributed by atoms with Crippen molar-refractivity contribution in [3.63, 3.8) is 0 Å². The highest BCUT2D eigenvalue weighted by atomic mass is 16.6. The first kappa shape index (κ1) is 12.1. The van der Waals surface area contributed by atoms with Crippen molar-refractivity contribution in [2.24, 2.45) is 0 Å². The van der Waals surface area contributed by atoms with Crippen LogP contribution in [0.1, 0.15) is 23.2 Å². The lowest BCUT2D eigenvalue weighted by atomic mass is 10.1. The summed E-state index contributed by atoms with van der Waals surface area (Å²) in [6.45, 7) is 0.392. The Labute approximate surface area is 100 Å². The van der Waals surface area contributed by atoms with Gasteiger partial charge in [0.05, 0.1) is 24.9 Å². The summed E-state index contributed by atoms with van der Waals surface area (Å²) in [5, 5.41) is 8.90. The van der Waals surface area contributed by atoms with Gasteiger partial charge in [0, 0.05) is 0 Å². The highest BCUT2D eigenvalue weighted by Crippen LogP contribution is 2.17. The molecule has 1 aliphatic rings. The zero-order valence-electron chi connectivity index (χ0n) is 9.54. The lowest BCUT2D eigenvalue weighted by Crippen LogP contribution is -2.34. The van der Waals surface area contributed by atoms with Gasteiger partial charge in [0.25, 0.3) is 0 Å². The standard InChI is InChI=1S/C13H16O4/c14-8-11-6-7-12(9-16-11)17-13(15)10-4-2-1-3-5-10/h1-5,11-12,14H,6-9H2. The van der Waals surface area contributed by atoms with E-state index in [0.29, 0.717) is 12.2 Å². The molecule has 2 unspecified atom stereocenters. The predicted molar refractivity (Wildman–Crippen MR) is 61.7 cm³/mol. The first-order chi connectivity index (χ1) is 8.29. The molecular formula is C13H16O4. The highest BCUT2D eigenvalue weighted by molar-refractivity contribution is 5.89. The second kappa shape index (κ2) is 5.80. The van der Waals surface area contributed by atoms with Gasteiger partial charge in [0.2, 0.25) is 0 Å². The molecule has 0 bridgehead atoms. The van der Waals surface area contributed by atoms with Gasteiger partial charge in [-0.2, -0.15) is 0 Å². The smallest absolute Gasteiger partial charge is 0.338 e. The Morgan fingerprint density at radius 2 is 2.12 bits per heavy atom. The van der Waals surface area contributed by atoms with Crippen molar-refractivity contribution in [2.75, 3.05) is 13.2 Å². The summed E-state index contributed by atoms with van der Waals surface area (Å²) in [4.78, 5) is 11.7. The molecule has 0 spiro atoms. The van der Waals surface area contributed by atoms with Crippen molar-refractivity contribution in [3.05, 3.63) is 35.9 Å². The van der Waals surface area contributed by atoms with Crippen LogP contribution in [0.3, 0.4) is 0 Å². The zero-order chi connectivity index (χ0) is 12.1. The molecular weight excluding hydrogens is 220 g/mol. The largest absolute Gasteiger partial charge is 0.456 e. The maximum absolute atomic E-state index is 11.7. The van der Waals surface area contributed by atoms with E-state index in [9.17, 15) is 4.79 Å². The van der Waals surface area contributed by atoms with Crippen molar-refractivity contribution >= 4 is 5.97 Å². The van der Waals surface area contributed by atoms with Crippen molar-refractivity contribution in [3.8, 4) is 0 Å². The number of aliphatic hydroxyl groups excluding tert-OH is 1. The van der Waals surface area contributed by atoms with E-state index in [-0.39, 0.29) is 24.8 Å². The maximum atomic E-state index is 11.7. The molecule has 1 aliphatic heterocycles. The van der Waals surface area contributed by atoms with Gasteiger partial charge in [-0.3, -0.25) is 0 Å². The molecule has 0 aromatic heterocycles. The minimum Gasteiger partial charge on any atom is -0.456 e. The number of carbonyl (C=O) groups is 1. The monoisotopic (exact) mass is 236 g/mol. The third-order valence-electron chi connectivity index (χ3n) is 2.82. The molecule has 4 heteroatoms. The minimum absolute atomic E-state index is 0.0271. The topological polar surface area (TPSA) is 55.8 Å². The lowest BCUT2D eigenvalue weighted by molar-refractivity contribution is -0.0810. The van der Waals surface area contributed by atoms with Crippen LogP contribution < -0.4 is 0 Å². The summed E-state index contributed by atoms with van der Waals surface area (Å²) in [5.41, 5.74) is 0.553. The van der Waals surface area contributed by atoms with Crippen molar-refractivity contribution in [1.82, 2.24) is 0 Å². The van der Waals surface area contributed by atoms with Crippen LogP contribution in [-0.2, 0) is 9.47 Å². The summed E-state index contributed by atoms with van der Waals surface area (Å²) in [5.74, 6) is -0.318. The van der Waals surface area contributed by atoms with Gasteiger partial charge in [-0.25, -0.2) is 4.79 Å². The Bertz CT molecular complexity index is 355. The van der Waals surface area contributed by atoms with Gasteiger partial charge in [-0.1, -0.05) is 18.2 Å². The highest BCUT2D eigenvalue weighted by Gasteiger charge is 2.24. The average Bonchev–Trinajstić information content (AvgIpc) is 2.40. The molecule has 1 heterocycles. The van der Waals surface area contributed by atoms with Crippen LogP contribution in [0.15, 0.2) is 30.3 Å². The third-order valence-corrected chi connectivity index (χ3v) is 2.82. The van der Waals surface area contributed by atoms with Gasteiger partial charge in [0.1, 0.15) is 6.10 Å². The number of aliphatic hydroxyl groups is 1. The van der Waals surface area contributed by atoms with E-state index in [1.54, 1.807) is 24.3 Å². The second-order valence-corrected chi connectivity index (χ2v) is 4.11. The molecule has 92 valence electrons. The van der Waals surface area contributed by atoms with E-state index >= 15 is 0 Å². The van der Waals surface area contributed by atoms with E-state index in [0.717, 1.165) is 12.8 Å². The van der Waals surface area contributed by atoms with Gasteiger partial charge in [-0.05, 0) is 25.0 Å². The Kier molecular flexibility index (Phi) is 4.12. The van der Waals surface area contributed by atoms with E-state index in [2.05, 4.69) is 0 Å². The van der Waals surface area contributed by atoms with E-state index in [1.165, 1.54) is 0 Å². The van der Waals surface area contributed by atoms with Gasteiger partial charge in [0.15, 0.2) is 0 Å². The fourth-order valence-electron chi connectivity index (χ4n) is 1.81. The number of rotatable bonds is 3. The molecule has 2 atom stereocenters. The van der Waals surface area contributed by atoms with Crippen LogP contribution >= 0.6 is 0 Å². The average molecular weight is 236 g/mol. The predicted octanol–water partition coefficient (Wildman–Crippen LogP) is 1.38. The van der Waals surface area contributed by atoms with E-state index in [1.807, 2.05) is 6.07 Å².